The van der Waals surface area contributed by atoms with Crippen molar-refractivity contribution in [2.75, 3.05) is 25.5 Å². The molecule has 1 N–H and O–H groups in total. The minimum absolute atomic E-state index is 0.00349. The molecule has 0 saturated carbocycles. The van der Waals surface area contributed by atoms with E-state index in [-0.39, 0.29) is 27.6 Å². The minimum Gasteiger partial charge on any atom is -0.496 e. The summed E-state index contributed by atoms with van der Waals surface area (Å²) in [5.74, 6) is 0.0541. The van der Waals surface area contributed by atoms with Crippen molar-refractivity contribution in [1.29, 1.82) is 0 Å². The van der Waals surface area contributed by atoms with Gasteiger partial charge in [0.05, 0.1) is 33.7 Å². The molecule has 31 heavy (non-hydrogen) atoms. The van der Waals surface area contributed by atoms with E-state index in [1.165, 1.54) is 48.7 Å². The van der Waals surface area contributed by atoms with Crippen LogP contribution in [0.4, 0.5) is 11.4 Å². The SMILES string of the molecule is COc1ccc(S(=O)(=O)N2CCC(C)CC2)cc1C(=O)Nc1cccc([N+](=O)[O-])c1C. The minimum atomic E-state index is -3.76. The van der Waals surface area contributed by atoms with Gasteiger partial charge in [0.2, 0.25) is 10.0 Å². The zero-order valence-corrected chi connectivity index (χ0v) is 18.4. The van der Waals surface area contributed by atoms with Crippen molar-refractivity contribution in [2.45, 2.75) is 31.6 Å². The number of methoxy groups -OCH3 is 1. The van der Waals surface area contributed by atoms with E-state index >= 15 is 0 Å². The van der Waals surface area contributed by atoms with E-state index in [0.717, 1.165) is 12.8 Å². The van der Waals surface area contributed by atoms with E-state index in [1.54, 1.807) is 6.07 Å². The topological polar surface area (TPSA) is 119 Å². The molecule has 1 saturated heterocycles. The van der Waals surface area contributed by atoms with Crippen LogP contribution in [0.2, 0.25) is 0 Å². The number of sulfonamides is 1. The van der Waals surface area contributed by atoms with E-state index in [0.29, 0.717) is 24.6 Å². The number of ether oxygens (including phenoxy) is 1. The first-order chi connectivity index (χ1) is 14.6. The fourth-order valence-electron chi connectivity index (χ4n) is 3.55. The number of nitrogens with zero attached hydrogens (tertiary/aromatic N) is 2. The van der Waals surface area contributed by atoms with Crippen LogP contribution in [0.1, 0.15) is 35.7 Å². The van der Waals surface area contributed by atoms with Crippen molar-refractivity contribution in [1.82, 2.24) is 4.31 Å². The monoisotopic (exact) mass is 447 g/mol. The number of piperidine rings is 1. The van der Waals surface area contributed by atoms with Gasteiger partial charge in [-0.25, -0.2) is 8.42 Å². The number of nitro benzene ring substituents is 1. The standard InChI is InChI=1S/C21H25N3O6S/c1-14-9-11-23(12-10-14)31(28,29)16-7-8-20(30-3)17(13-16)21(25)22-18-5-4-6-19(15(18)2)24(26)27/h4-8,13-14H,9-12H2,1-3H3,(H,22,25). The van der Waals surface area contributed by atoms with Crippen molar-refractivity contribution in [3.05, 3.63) is 57.6 Å². The Balaban J connectivity index is 1.93. The number of hydrogen-bond donors (Lipinski definition) is 1. The summed E-state index contributed by atoms with van der Waals surface area (Å²) in [4.78, 5) is 23.6. The van der Waals surface area contributed by atoms with E-state index in [2.05, 4.69) is 12.2 Å². The third kappa shape index (κ3) is 4.70. The van der Waals surface area contributed by atoms with Crippen molar-refractivity contribution < 1.29 is 22.9 Å². The van der Waals surface area contributed by atoms with Crippen molar-refractivity contribution in [3.8, 4) is 5.75 Å². The number of benzene rings is 2. The predicted octanol–water partition coefficient (Wildman–Crippen LogP) is 3.58. The molecule has 2 aromatic rings. The molecule has 0 unspecified atom stereocenters. The highest BCUT2D eigenvalue weighted by Crippen LogP contribution is 2.30. The van der Waals surface area contributed by atoms with Crippen LogP contribution in [0.25, 0.3) is 0 Å². The van der Waals surface area contributed by atoms with Crippen LogP contribution < -0.4 is 10.1 Å². The number of carbonyl (C=O) groups is 1. The molecule has 0 spiro atoms. The quantitative estimate of drug-likeness (QED) is 0.534. The number of anilines is 1. The highest BCUT2D eigenvalue weighted by atomic mass is 32.2. The van der Waals surface area contributed by atoms with Gasteiger partial charge in [0.1, 0.15) is 5.75 Å². The van der Waals surface area contributed by atoms with Crippen LogP contribution in [0, 0.1) is 23.0 Å². The van der Waals surface area contributed by atoms with Gasteiger partial charge >= 0.3 is 0 Å². The molecular weight excluding hydrogens is 422 g/mol. The van der Waals surface area contributed by atoms with Crippen LogP contribution in [0.3, 0.4) is 0 Å². The number of nitro groups is 1. The number of hydrogen-bond acceptors (Lipinski definition) is 6. The smallest absolute Gasteiger partial charge is 0.274 e. The average molecular weight is 448 g/mol. The lowest BCUT2D eigenvalue weighted by Crippen LogP contribution is -2.37. The molecule has 166 valence electrons. The summed E-state index contributed by atoms with van der Waals surface area (Å²) in [6, 6.07) is 8.50. The average Bonchev–Trinajstić information content (AvgIpc) is 2.74. The second-order valence-corrected chi connectivity index (χ2v) is 9.55. The summed E-state index contributed by atoms with van der Waals surface area (Å²) in [5.41, 5.74) is 0.464. The van der Waals surface area contributed by atoms with Gasteiger partial charge in [0.25, 0.3) is 11.6 Å². The van der Waals surface area contributed by atoms with Gasteiger partial charge in [-0.15, -0.1) is 0 Å². The van der Waals surface area contributed by atoms with E-state index in [9.17, 15) is 23.3 Å². The number of nitrogens with one attached hydrogen (secondary N) is 1. The first kappa shape index (κ1) is 22.7. The van der Waals surface area contributed by atoms with Gasteiger partial charge in [-0.05, 0) is 49.9 Å². The maximum atomic E-state index is 13.1. The molecule has 0 bridgehead atoms. The van der Waals surface area contributed by atoms with E-state index < -0.39 is 20.9 Å². The van der Waals surface area contributed by atoms with Gasteiger partial charge in [-0.2, -0.15) is 4.31 Å². The Morgan fingerprint density at radius 2 is 1.90 bits per heavy atom. The van der Waals surface area contributed by atoms with Crippen LogP contribution in [0.15, 0.2) is 41.3 Å². The highest BCUT2D eigenvalue weighted by molar-refractivity contribution is 7.89. The molecule has 10 heteroatoms. The summed E-state index contributed by atoms with van der Waals surface area (Å²) < 4.78 is 32.8. The summed E-state index contributed by atoms with van der Waals surface area (Å²) in [6.07, 6.45) is 1.57. The van der Waals surface area contributed by atoms with Gasteiger partial charge in [-0.3, -0.25) is 14.9 Å². The Hall–Kier alpha value is -2.98. The van der Waals surface area contributed by atoms with Crippen LogP contribution in [0.5, 0.6) is 5.75 Å². The van der Waals surface area contributed by atoms with Crippen LogP contribution in [-0.4, -0.2) is 43.8 Å². The molecule has 0 aromatic heterocycles. The lowest BCUT2D eigenvalue weighted by atomic mass is 10.0. The van der Waals surface area contributed by atoms with E-state index in [1.807, 2.05) is 0 Å². The number of carbonyl (C=O) groups excluding carboxylic acids is 1. The van der Waals surface area contributed by atoms with Gasteiger partial charge in [0, 0.05) is 19.2 Å². The second kappa shape index (κ2) is 9.03. The normalized spacial score (nSPS) is 15.5. The summed E-state index contributed by atoms with van der Waals surface area (Å²) in [7, 11) is -2.38. The molecule has 0 aliphatic carbocycles. The summed E-state index contributed by atoms with van der Waals surface area (Å²) in [6.45, 7) is 4.49. The second-order valence-electron chi connectivity index (χ2n) is 7.61. The third-order valence-corrected chi connectivity index (χ3v) is 7.44. The molecule has 9 nitrogen and oxygen atoms in total. The number of rotatable bonds is 6. The molecule has 0 atom stereocenters. The Bertz CT molecular complexity index is 1110. The van der Waals surface area contributed by atoms with Crippen molar-refractivity contribution in [2.24, 2.45) is 5.92 Å². The molecule has 3 rings (SSSR count). The maximum absolute atomic E-state index is 13.1. The molecule has 0 radical (unpaired) electrons. The Morgan fingerprint density at radius 3 is 2.52 bits per heavy atom. The van der Waals surface area contributed by atoms with Crippen LogP contribution in [-0.2, 0) is 10.0 Å². The third-order valence-electron chi connectivity index (χ3n) is 5.55. The molecule has 2 aromatic carbocycles. The van der Waals surface area contributed by atoms with E-state index in [4.69, 9.17) is 4.74 Å². The predicted molar refractivity (Wildman–Crippen MR) is 116 cm³/mol. The fourth-order valence-corrected chi connectivity index (χ4v) is 5.04. The van der Waals surface area contributed by atoms with Crippen molar-refractivity contribution >= 4 is 27.3 Å². The zero-order valence-electron chi connectivity index (χ0n) is 17.6. The van der Waals surface area contributed by atoms with Gasteiger partial charge in [-0.1, -0.05) is 13.0 Å². The lowest BCUT2D eigenvalue weighted by Gasteiger charge is -2.29. The van der Waals surface area contributed by atoms with Gasteiger partial charge in [0.15, 0.2) is 0 Å². The van der Waals surface area contributed by atoms with Crippen LogP contribution >= 0.6 is 0 Å². The number of amides is 1. The first-order valence-corrected chi connectivity index (χ1v) is 11.3. The molecule has 1 aliphatic rings. The zero-order chi connectivity index (χ0) is 22.8. The van der Waals surface area contributed by atoms with Gasteiger partial charge < -0.3 is 10.1 Å². The molecule has 1 amide bonds. The highest BCUT2D eigenvalue weighted by Gasteiger charge is 2.29. The summed E-state index contributed by atoms with van der Waals surface area (Å²) in [5, 5.41) is 13.8. The Labute approximate surface area is 181 Å². The largest absolute Gasteiger partial charge is 0.496 e. The summed E-state index contributed by atoms with van der Waals surface area (Å²) >= 11 is 0. The maximum Gasteiger partial charge on any atom is 0.274 e. The Kier molecular flexibility index (Phi) is 6.61. The molecule has 1 heterocycles. The Morgan fingerprint density at radius 1 is 1.23 bits per heavy atom. The lowest BCUT2D eigenvalue weighted by molar-refractivity contribution is -0.385. The van der Waals surface area contributed by atoms with Crippen molar-refractivity contribution in [3.63, 3.8) is 0 Å². The fraction of sp³-hybridized carbons (Fsp3) is 0.381. The first-order valence-electron chi connectivity index (χ1n) is 9.88. The molecular formula is C21H25N3O6S. The molecule has 1 fully saturated rings. The molecule has 1 aliphatic heterocycles.